The summed E-state index contributed by atoms with van der Waals surface area (Å²) in [6, 6.07) is 3.21. The van der Waals surface area contributed by atoms with Crippen molar-refractivity contribution in [3.8, 4) is 0 Å². The van der Waals surface area contributed by atoms with Gasteiger partial charge in [0.1, 0.15) is 17.3 Å². The Morgan fingerprint density at radius 1 is 1.30 bits per heavy atom. The van der Waals surface area contributed by atoms with Crippen LogP contribution in [0.1, 0.15) is 32.3 Å². The molecule has 0 radical (unpaired) electrons. The van der Waals surface area contributed by atoms with Crippen LogP contribution in [0.15, 0.2) is 12.1 Å². The Morgan fingerprint density at radius 3 is 2.30 bits per heavy atom. The molecule has 3 nitrogen and oxygen atoms in total. The zero-order valence-corrected chi connectivity index (χ0v) is 12.2. The molecule has 0 atom stereocenters. The lowest BCUT2D eigenvalue weighted by molar-refractivity contribution is 0.0883. The predicted molar refractivity (Wildman–Crippen MR) is 75.8 cm³/mol. The normalized spacial score (nSPS) is 15.5. The maximum atomic E-state index is 14.1. The third kappa shape index (κ3) is 4.15. The number of rotatable bonds is 6. The second-order valence-electron chi connectivity index (χ2n) is 6.23. The van der Waals surface area contributed by atoms with Crippen molar-refractivity contribution in [1.82, 2.24) is 5.32 Å². The van der Waals surface area contributed by atoms with Gasteiger partial charge in [-0.25, -0.2) is 8.78 Å². The van der Waals surface area contributed by atoms with Crippen molar-refractivity contribution < 1.29 is 13.9 Å². The second-order valence-corrected chi connectivity index (χ2v) is 6.23. The van der Waals surface area contributed by atoms with Gasteiger partial charge in [0.15, 0.2) is 0 Å². The van der Waals surface area contributed by atoms with Crippen molar-refractivity contribution in [2.24, 2.45) is 0 Å². The summed E-state index contributed by atoms with van der Waals surface area (Å²) in [6.45, 7) is 3.84. The predicted octanol–water partition coefficient (Wildman–Crippen LogP) is 2.42. The van der Waals surface area contributed by atoms with E-state index in [1.54, 1.807) is 20.9 Å². The lowest BCUT2D eigenvalue weighted by Crippen LogP contribution is -2.37. The number of hydrogen-bond donors (Lipinski definition) is 2. The summed E-state index contributed by atoms with van der Waals surface area (Å²) >= 11 is 0. The molecular weight excluding hydrogens is 262 g/mol. The molecule has 0 saturated heterocycles. The number of likely N-dealkylation sites (N-methyl/N-ethyl adjacent to an activating group) is 1. The summed E-state index contributed by atoms with van der Waals surface area (Å²) in [4.78, 5) is 1.41. The fourth-order valence-electron chi connectivity index (χ4n) is 2.29. The summed E-state index contributed by atoms with van der Waals surface area (Å²) in [5.74, 6) is -1.19. The van der Waals surface area contributed by atoms with E-state index in [4.69, 9.17) is 0 Å². The van der Waals surface area contributed by atoms with Gasteiger partial charge in [0, 0.05) is 26.2 Å². The maximum absolute atomic E-state index is 14.1. The van der Waals surface area contributed by atoms with Gasteiger partial charge in [0.05, 0.1) is 5.60 Å². The van der Waals surface area contributed by atoms with E-state index in [1.807, 2.05) is 0 Å². The van der Waals surface area contributed by atoms with Gasteiger partial charge >= 0.3 is 0 Å². The molecular formula is C15H22F2N2O. The Balaban J connectivity index is 2.12. The van der Waals surface area contributed by atoms with Crippen LogP contribution in [-0.4, -0.2) is 30.3 Å². The van der Waals surface area contributed by atoms with Crippen molar-refractivity contribution in [3.05, 3.63) is 29.3 Å². The Labute approximate surface area is 118 Å². The minimum Gasteiger partial charge on any atom is -0.389 e. The van der Waals surface area contributed by atoms with E-state index in [9.17, 15) is 13.9 Å². The molecule has 20 heavy (non-hydrogen) atoms. The lowest BCUT2D eigenvalue weighted by Gasteiger charge is -2.28. The SMILES string of the molecule is CN(CC(C)(C)O)c1c(F)cc(CNC2CC2)cc1F. The Hall–Kier alpha value is -1.20. The van der Waals surface area contributed by atoms with Crippen LogP contribution in [0.4, 0.5) is 14.5 Å². The molecule has 1 aromatic rings. The molecule has 1 aromatic carbocycles. The lowest BCUT2D eigenvalue weighted by atomic mass is 10.1. The van der Waals surface area contributed by atoms with Crippen molar-refractivity contribution >= 4 is 5.69 Å². The van der Waals surface area contributed by atoms with Crippen LogP contribution in [0.3, 0.4) is 0 Å². The third-order valence-electron chi connectivity index (χ3n) is 3.25. The number of nitrogens with zero attached hydrogens (tertiary/aromatic N) is 1. The minimum absolute atomic E-state index is 0.0951. The molecule has 1 aliphatic carbocycles. The molecule has 2 rings (SSSR count). The van der Waals surface area contributed by atoms with E-state index in [0.717, 1.165) is 12.8 Å². The molecule has 0 spiro atoms. The molecule has 0 heterocycles. The van der Waals surface area contributed by atoms with Gasteiger partial charge in [-0.3, -0.25) is 0 Å². The zero-order valence-electron chi connectivity index (χ0n) is 12.2. The minimum atomic E-state index is -1.01. The highest BCUT2D eigenvalue weighted by atomic mass is 19.1. The summed E-state index contributed by atoms with van der Waals surface area (Å²) in [6.07, 6.45) is 2.27. The Morgan fingerprint density at radius 2 is 1.85 bits per heavy atom. The number of benzene rings is 1. The first-order valence-electron chi connectivity index (χ1n) is 6.91. The zero-order chi connectivity index (χ0) is 14.9. The fourth-order valence-corrected chi connectivity index (χ4v) is 2.29. The number of anilines is 1. The van der Waals surface area contributed by atoms with Crippen LogP contribution < -0.4 is 10.2 Å². The van der Waals surface area contributed by atoms with Crippen LogP contribution in [0.2, 0.25) is 0 Å². The highest BCUT2D eigenvalue weighted by Crippen LogP contribution is 2.26. The highest BCUT2D eigenvalue weighted by molar-refractivity contribution is 5.50. The Kier molecular flexibility index (Phi) is 4.30. The van der Waals surface area contributed by atoms with Crippen molar-refractivity contribution in [2.45, 2.75) is 44.9 Å². The van der Waals surface area contributed by atoms with E-state index in [2.05, 4.69) is 5.32 Å². The summed E-state index contributed by atoms with van der Waals surface area (Å²) in [7, 11) is 1.57. The first kappa shape index (κ1) is 15.2. The van der Waals surface area contributed by atoms with Gasteiger partial charge in [0.25, 0.3) is 0 Å². The summed E-state index contributed by atoms with van der Waals surface area (Å²) < 4.78 is 28.2. The first-order valence-corrected chi connectivity index (χ1v) is 6.91. The fraction of sp³-hybridized carbons (Fsp3) is 0.600. The largest absolute Gasteiger partial charge is 0.389 e. The quantitative estimate of drug-likeness (QED) is 0.842. The smallest absolute Gasteiger partial charge is 0.149 e. The van der Waals surface area contributed by atoms with Gasteiger partial charge in [-0.15, -0.1) is 0 Å². The van der Waals surface area contributed by atoms with Gasteiger partial charge in [0.2, 0.25) is 0 Å². The van der Waals surface area contributed by atoms with E-state index >= 15 is 0 Å². The van der Waals surface area contributed by atoms with E-state index in [-0.39, 0.29) is 12.2 Å². The average molecular weight is 284 g/mol. The highest BCUT2D eigenvalue weighted by Gasteiger charge is 2.23. The van der Waals surface area contributed by atoms with E-state index in [1.165, 1.54) is 17.0 Å². The monoisotopic (exact) mass is 284 g/mol. The molecule has 0 amide bonds. The topological polar surface area (TPSA) is 35.5 Å². The van der Waals surface area contributed by atoms with Crippen LogP contribution >= 0.6 is 0 Å². The first-order chi connectivity index (χ1) is 9.26. The molecule has 0 bridgehead atoms. The van der Waals surface area contributed by atoms with Crippen LogP contribution in [-0.2, 0) is 6.54 Å². The number of nitrogens with one attached hydrogen (secondary N) is 1. The Bertz CT molecular complexity index is 458. The van der Waals surface area contributed by atoms with Gasteiger partial charge in [-0.1, -0.05) is 0 Å². The van der Waals surface area contributed by atoms with E-state index < -0.39 is 17.2 Å². The molecule has 0 aliphatic heterocycles. The van der Waals surface area contributed by atoms with E-state index in [0.29, 0.717) is 18.2 Å². The van der Waals surface area contributed by atoms with Crippen molar-refractivity contribution in [1.29, 1.82) is 0 Å². The van der Waals surface area contributed by atoms with Gasteiger partial charge in [-0.2, -0.15) is 0 Å². The molecule has 0 aromatic heterocycles. The summed E-state index contributed by atoms with van der Waals surface area (Å²) in [5, 5.41) is 13.0. The average Bonchev–Trinajstić information content (AvgIpc) is 3.06. The number of hydrogen-bond acceptors (Lipinski definition) is 3. The molecule has 0 unspecified atom stereocenters. The molecule has 1 fully saturated rings. The van der Waals surface area contributed by atoms with Crippen LogP contribution in [0.25, 0.3) is 0 Å². The standard InChI is InChI=1S/C15H22F2N2O/c1-15(2,20)9-19(3)14-12(16)6-10(7-13(14)17)8-18-11-4-5-11/h6-7,11,18,20H,4-5,8-9H2,1-3H3. The maximum Gasteiger partial charge on any atom is 0.149 e. The molecule has 1 aliphatic rings. The van der Waals surface area contributed by atoms with Gasteiger partial charge < -0.3 is 15.3 Å². The third-order valence-corrected chi connectivity index (χ3v) is 3.25. The number of aliphatic hydroxyl groups is 1. The molecule has 5 heteroatoms. The molecule has 2 N–H and O–H groups in total. The second kappa shape index (κ2) is 5.66. The van der Waals surface area contributed by atoms with Crippen LogP contribution in [0, 0.1) is 11.6 Å². The molecule has 1 saturated carbocycles. The van der Waals surface area contributed by atoms with Crippen LogP contribution in [0.5, 0.6) is 0 Å². The van der Waals surface area contributed by atoms with Crippen molar-refractivity contribution in [3.63, 3.8) is 0 Å². The number of halogens is 2. The molecule has 112 valence electrons. The van der Waals surface area contributed by atoms with Gasteiger partial charge in [-0.05, 0) is 44.4 Å². The van der Waals surface area contributed by atoms with Crippen molar-refractivity contribution in [2.75, 3.05) is 18.5 Å². The summed E-state index contributed by atoms with van der Waals surface area (Å²) in [5.41, 5.74) is -0.505.